The van der Waals surface area contributed by atoms with Crippen molar-refractivity contribution in [3.63, 3.8) is 0 Å². The molecule has 7 nitrogen and oxygen atoms in total. The molecule has 0 unspecified atom stereocenters. The molecular formula is C25H21NO6. The largest absolute Gasteiger partial charge is 0.492 e. The van der Waals surface area contributed by atoms with Crippen molar-refractivity contribution in [1.29, 1.82) is 0 Å². The van der Waals surface area contributed by atoms with Gasteiger partial charge in [-0.1, -0.05) is 30.3 Å². The summed E-state index contributed by atoms with van der Waals surface area (Å²) in [6.45, 7) is 2.60. The zero-order valence-electron chi connectivity index (χ0n) is 17.4. The second kappa shape index (κ2) is 7.37. The summed E-state index contributed by atoms with van der Waals surface area (Å²) in [6, 6.07) is 18.8. The van der Waals surface area contributed by atoms with Crippen LogP contribution in [0.1, 0.15) is 41.7 Å². The molecule has 3 aliphatic heterocycles. The van der Waals surface area contributed by atoms with Crippen LogP contribution in [0.15, 0.2) is 60.7 Å². The Morgan fingerprint density at radius 3 is 2.59 bits per heavy atom. The molecule has 3 aliphatic rings. The van der Waals surface area contributed by atoms with Crippen LogP contribution >= 0.6 is 0 Å². The molecule has 3 aromatic carbocycles. The summed E-state index contributed by atoms with van der Waals surface area (Å²) < 4.78 is 28.7. The Morgan fingerprint density at radius 2 is 1.75 bits per heavy atom. The van der Waals surface area contributed by atoms with E-state index in [1.54, 1.807) is 12.1 Å². The van der Waals surface area contributed by atoms with Crippen LogP contribution in [0.3, 0.4) is 0 Å². The van der Waals surface area contributed by atoms with Crippen molar-refractivity contribution in [2.75, 3.05) is 13.4 Å². The second-order valence-corrected chi connectivity index (χ2v) is 8.07. The summed E-state index contributed by atoms with van der Waals surface area (Å²) in [5.41, 5.74) is 2.98. The number of fused-ring (bicyclic) bond motifs is 6. The fraction of sp³-hybridized carbons (Fsp3) is 0.240. The third-order valence-electron chi connectivity index (χ3n) is 6.08. The maximum Gasteiger partial charge on any atom is 0.413 e. The number of rotatable bonds is 3. The van der Waals surface area contributed by atoms with Gasteiger partial charge in [-0.05, 0) is 30.7 Å². The summed E-state index contributed by atoms with van der Waals surface area (Å²) >= 11 is 0. The third-order valence-corrected chi connectivity index (χ3v) is 6.08. The van der Waals surface area contributed by atoms with Crippen LogP contribution in [0.2, 0.25) is 0 Å². The number of benzene rings is 3. The van der Waals surface area contributed by atoms with Crippen molar-refractivity contribution in [1.82, 2.24) is 5.32 Å². The molecule has 0 aromatic heterocycles. The van der Waals surface area contributed by atoms with Gasteiger partial charge in [0.05, 0.1) is 18.6 Å². The molecule has 1 amide bonds. The average Bonchev–Trinajstić information content (AvgIpc) is 3.41. The highest BCUT2D eigenvalue weighted by atomic mass is 16.7. The molecule has 1 N–H and O–H groups in total. The zero-order valence-corrected chi connectivity index (χ0v) is 17.4. The Kier molecular flexibility index (Phi) is 4.35. The minimum atomic E-state index is -0.519. The van der Waals surface area contributed by atoms with E-state index < -0.39 is 6.09 Å². The van der Waals surface area contributed by atoms with Gasteiger partial charge < -0.3 is 29.0 Å². The number of hydrogen-bond acceptors (Lipinski definition) is 6. The molecular weight excluding hydrogens is 410 g/mol. The number of carbonyl (C=O) groups is 1. The van der Waals surface area contributed by atoms with Crippen LogP contribution in [0.5, 0.6) is 28.7 Å². The predicted octanol–water partition coefficient (Wildman–Crippen LogP) is 4.87. The van der Waals surface area contributed by atoms with Crippen molar-refractivity contribution >= 4 is 6.09 Å². The fourth-order valence-electron chi connectivity index (χ4n) is 4.43. The number of ether oxygens (including phenoxy) is 5. The molecule has 3 heterocycles. The maximum absolute atomic E-state index is 12.4. The minimum Gasteiger partial charge on any atom is -0.492 e. The highest BCUT2D eigenvalue weighted by molar-refractivity contribution is 5.71. The molecule has 3 atom stereocenters. The van der Waals surface area contributed by atoms with Gasteiger partial charge in [-0.25, -0.2) is 4.79 Å². The smallest absolute Gasteiger partial charge is 0.413 e. The molecule has 32 heavy (non-hydrogen) atoms. The Morgan fingerprint density at radius 1 is 0.938 bits per heavy atom. The Bertz CT molecular complexity index is 1190. The van der Waals surface area contributed by atoms with E-state index in [4.69, 9.17) is 23.7 Å². The summed E-state index contributed by atoms with van der Waals surface area (Å²) in [5.74, 6) is 3.35. The first-order valence-corrected chi connectivity index (χ1v) is 10.6. The van der Waals surface area contributed by atoms with E-state index in [1.807, 2.05) is 55.5 Å². The summed E-state index contributed by atoms with van der Waals surface area (Å²) in [4.78, 5) is 12.4. The van der Waals surface area contributed by atoms with Crippen LogP contribution in [-0.2, 0) is 0 Å². The molecule has 0 radical (unpaired) electrons. The first-order valence-electron chi connectivity index (χ1n) is 10.6. The highest BCUT2D eigenvalue weighted by Gasteiger charge is 2.42. The lowest BCUT2D eigenvalue weighted by Gasteiger charge is -2.28. The predicted molar refractivity (Wildman–Crippen MR) is 115 cm³/mol. The van der Waals surface area contributed by atoms with E-state index in [2.05, 4.69) is 5.32 Å². The Hall–Kier alpha value is -3.87. The van der Waals surface area contributed by atoms with Crippen LogP contribution in [0.25, 0.3) is 0 Å². The second-order valence-electron chi connectivity index (χ2n) is 8.07. The molecule has 0 saturated carbocycles. The lowest BCUT2D eigenvalue weighted by Crippen LogP contribution is -2.29. The Balaban J connectivity index is 1.18. The molecule has 0 spiro atoms. The molecule has 0 fully saturated rings. The minimum absolute atomic E-state index is 0.0637. The molecule has 3 aromatic rings. The van der Waals surface area contributed by atoms with E-state index >= 15 is 0 Å². The number of carbonyl (C=O) groups excluding carboxylic acids is 1. The standard InChI is InChI=1S/C25H21NO6/c1-14(15-5-3-2-4-6-15)26-25(27)31-16-7-8-17-20(9-16)28-12-19-18-10-22-23(30-13-29-22)11-21(18)32-24(17)19/h2-11,14,19,24H,12-13H2,1H3,(H,26,27)/t14-,19-,24-/m0/s1. The Labute approximate surface area is 184 Å². The molecule has 6 rings (SSSR count). The fourth-order valence-corrected chi connectivity index (χ4v) is 4.43. The molecule has 162 valence electrons. The van der Waals surface area contributed by atoms with Crippen molar-refractivity contribution in [3.05, 3.63) is 77.4 Å². The van der Waals surface area contributed by atoms with E-state index in [9.17, 15) is 4.79 Å². The van der Waals surface area contributed by atoms with Crippen molar-refractivity contribution < 1.29 is 28.5 Å². The number of hydrogen-bond donors (Lipinski definition) is 1. The van der Waals surface area contributed by atoms with Crippen molar-refractivity contribution in [2.45, 2.75) is 25.0 Å². The topological polar surface area (TPSA) is 75.3 Å². The number of amides is 1. The normalized spacial score (nSPS) is 20.2. The van der Waals surface area contributed by atoms with Gasteiger partial charge in [0.1, 0.15) is 23.4 Å². The van der Waals surface area contributed by atoms with Crippen LogP contribution < -0.4 is 29.0 Å². The summed E-state index contributed by atoms with van der Waals surface area (Å²) in [7, 11) is 0. The molecule has 0 aliphatic carbocycles. The summed E-state index contributed by atoms with van der Waals surface area (Å²) in [6.07, 6.45) is -0.689. The monoisotopic (exact) mass is 431 g/mol. The highest BCUT2D eigenvalue weighted by Crippen LogP contribution is 2.54. The SMILES string of the molecule is C[C@H](NC(=O)Oc1ccc2c(c1)OC[C@H]1c3cc4c(cc3O[C@@H]21)OCO4)c1ccccc1. The van der Waals surface area contributed by atoms with Gasteiger partial charge >= 0.3 is 6.09 Å². The first-order chi connectivity index (χ1) is 15.7. The molecule has 0 bridgehead atoms. The van der Waals surface area contributed by atoms with E-state index in [1.165, 1.54) is 0 Å². The molecule has 0 saturated heterocycles. The average molecular weight is 431 g/mol. The van der Waals surface area contributed by atoms with Gasteiger partial charge in [0.2, 0.25) is 6.79 Å². The van der Waals surface area contributed by atoms with Gasteiger partial charge in [-0.15, -0.1) is 0 Å². The van der Waals surface area contributed by atoms with E-state index in [-0.39, 0.29) is 24.9 Å². The third kappa shape index (κ3) is 3.17. The van der Waals surface area contributed by atoms with Crippen LogP contribution in [0.4, 0.5) is 4.79 Å². The van der Waals surface area contributed by atoms with Crippen LogP contribution in [0, 0.1) is 0 Å². The quantitative estimate of drug-likeness (QED) is 0.637. The lowest BCUT2D eigenvalue weighted by atomic mass is 9.89. The van der Waals surface area contributed by atoms with Gasteiger partial charge in [0, 0.05) is 23.3 Å². The van der Waals surface area contributed by atoms with E-state index in [0.717, 1.165) is 28.2 Å². The van der Waals surface area contributed by atoms with Crippen LogP contribution in [-0.4, -0.2) is 19.5 Å². The molecule has 7 heteroatoms. The summed E-state index contributed by atoms with van der Waals surface area (Å²) in [5, 5.41) is 2.84. The van der Waals surface area contributed by atoms with Gasteiger partial charge in [-0.2, -0.15) is 0 Å². The van der Waals surface area contributed by atoms with Crippen molar-refractivity contribution in [3.8, 4) is 28.7 Å². The van der Waals surface area contributed by atoms with Gasteiger partial charge in [-0.3, -0.25) is 0 Å². The lowest BCUT2D eigenvalue weighted by molar-refractivity contribution is 0.138. The zero-order chi connectivity index (χ0) is 21.7. The van der Waals surface area contributed by atoms with E-state index in [0.29, 0.717) is 23.9 Å². The van der Waals surface area contributed by atoms with Crippen molar-refractivity contribution in [2.24, 2.45) is 0 Å². The first kappa shape index (κ1) is 18.9. The van der Waals surface area contributed by atoms with Gasteiger partial charge in [0.15, 0.2) is 11.5 Å². The number of nitrogens with one attached hydrogen (secondary N) is 1. The maximum atomic E-state index is 12.4. The van der Waals surface area contributed by atoms with Gasteiger partial charge in [0.25, 0.3) is 0 Å².